The first-order valence-corrected chi connectivity index (χ1v) is 9.56. The van der Waals surface area contributed by atoms with E-state index in [4.69, 9.17) is 0 Å². The third-order valence-corrected chi connectivity index (χ3v) is 4.94. The van der Waals surface area contributed by atoms with Crippen molar-refractivity contribution in [2.75, 3.05) is 19.6 Å². The molecule has 0 aliphatic carbocycles. The molecule has 6 heteroatoms. The first-order valence-electron chi connectivity index (χ1n) is 9.56. The van der Waals surface area contributed by atoms with Crippen molar-refractivity contribution in [3.8, 4) is 0 Å². The molecule has 1 saturated heterocycles. The third kappa shape index (κ3) is 4.96. The highest BCUT2D eigenvalue weighted by atomic mass is 19.1. The third-order valence-electron chi connectivity index (χ3n) is 4.94. The number of piperidine rings is 1. The maximum atomic E-state index is 13.6. The van der Waals surface area contributed by atoms with Gasteiger partial charge >= 0.3 is 6.03 Å². The van der Waals surface area contributed by atoms with Gasteiger partial charge in [-0.1, -0.05) is 25.5 Å². The van der Waals surface area contributed by atoms with Crippen molar-refractivity contribution in [3.63, 3.8) is 0 Å². The molecule has 2 atom stereocenters. The Morgan fingerprint density at radius 1 is 1.23 bits per heavy atom. The number of hydrogen-bond donors (Lipinski definition) is 2. The van der Waals surface area contributed by atoms with Crippen LogP contribution in [-0.2, 0) is 4.79 Å². The minimum atomic E-state index is -0.247. The van der Waals surface area contributed by atoms with Crippen LogP contribution in [0.4, 0.5) is 9.18 Å². The van der Waals surface area contributed by atoms with Gasteiger partial charge in [0.05, 0.1) is 12.0 Å². The van der Waals surface area contributed by atoms with E-state index in [9.17, 15) is 14.0 Å². The van der Waals surface area contributed by atoms with E-state index in [0.29, 0.717) is 38.0 Å². The van der Waals surface area contributed by atoms with Gasteiger partial charge in [-0.25, -0.2) is 9.18 Å². The Morgan fingerprint density at radius 3 is 2.65 bits per heavy atom. The molecule has 26 heavy (non-hydrogen) atoms. The second-order valence-corrected chi connectivity index (χ2v) is 6.93. The van der Waals surface area contributed by atoms with Crippen molar-refractivity contribution in [2.24, 2.45) is 5.92 Å². The molecule has 5 nitrogen and oxygen atoms in total. The minimum absolute atomic E-state index is 0.00686. The summed E-state index contributed by atoms with van der Waals surface area (Å²) in [5, 5.41) is 5.80. The summed E-state index contributed by atoms with van der Waals surface area (Å²) in [4.78, 5) is 26.7. The largest absolute Gasteiger partial charge is 0.356 e. The van der Waals surface area contributed by atoms with Crippen LogP contribution in [0.25, 0.3) is 0 Å². The lowest BCUT2D eigenvalue weighted by Gasteiger charge is -2.39. The highest BCUT2D eigenvalue weighted by Gasteiger charge is 2.35. The smallest absolute Gasteiger partial charge is 0.317 e. The lowest BCUT2D eigenvalue weighted by Crippen LogP contribution is -2.50. The van der Waals surface area contributed by atoms with Gasteiger partial charge in [0.2, 0.25) is 5.91 Å². The molecule has 0 saturated carbocycles. The lowest BCUT2D eigenvalue weighted by atomic mass is 9.88. The number of nitrogens with zero attached hydrogens (tertiary/aromatic N) is 1. The van der Waals surface area contributed by atoms with Crippen molar-refractivity contribution in [2.45, 2.75) is 52.5 Å². The van der Waals surface area contributed by atoms with E-state index in [1.165, 1.54) is 6.07 Å². The number of unbranched alkanes of at least 4 members (excludes halogenated alkanes) is 1. The number of likely N-dealkylation sites (tertiary alicyclic amines) is 1. The Kier molecular flexibility index (Phi) is 7.42. The van der Waals surface area contributed by atoms with Crippen molar-refractivity contribution >= 4 is 11.9 Å². The van der Waals surface area contributed by atoms with Gasteiger partial charge < -0.3 is 15.5 Å². The summed E-state index contributed by atoms with van der Waals surface area (Å²) in [7, 11) is 0. The molecule has 1 fully saturated rings. The number of urea groups is 1. The molecule has 1 aliphatic rings. The van der Waals surface area contributed by atoms with Crippen LogP contribution >= 0.6 is 0 Å². The molecule has 0 bridgehead atoms. The summed E-state index contributed by atoms with van der Waals surface area (Å²) < 4.78 is 13.6. The summed E-state index contributed by atoms with van der Waals surface area (Å²) >= 11 is 0. The topological polar surface area (TPSA) is 61.4 Å². The van der Waals surface area contributed by atoms with Gasteiger partial charge in [-0.3, -0.25) is 4.79 Å². The Bertz CT molecular complexity index is 635. The van der Waals surface area contributed by atoms with Gasteiger partial charge in [-0.15, -0.1) is 0 Å². The zero-order valence-corrected chi connectivity index (χ0v) is 16.0. The predicted octanol–water partition coefficient (Wildman–Crippen LogP) is 3.53. The van der Waals surface area contributed by atoms with Crippen LogP contribution in [0, 0.1) is 18.7 Å². The van der Waals surface area contributed by atoms with Crippen LogP contribution in [0.5, 0.6) is 0 Å². The van der Waals surface area contributed by atoms with E-state index in [1.807, 2.05) is 6.92 Å². The number of nitrogens with one attached hydrogen (secondary N) is 2. The van der Waals surface area contributed by atoms with E-state index in [1.54, 1.807) is 24.0 Å². The van der Waals surface area contributed by atoms with Gasteiger partial charge in [0.25, 0.3) is 0 Å². The number of carbonyl (C=O) groups excluding carboxylic acids is 2. The van der Waals surface area contributed by atoms with Gasteiger partial charge in [0, 0.05) is 19.6 Å². The number of rotatable bonds is 6. The molecule has 1 heterocycles. The molecule has 3 amide bonds. The molecule has 1 aromatic carbocycles. The van der Waals surface area contributed by atoms with E-state index < -0.39 is 0 Å². The highest BCUT2D eigenvalue weighted by molar-refractivity contribution is 5.81. The van der Waals surface area contributed by atoms with E-state index in [0.717, 1.165) is 18.4 Å². The number of aryl methyl sites for hydroxylation is 1. The van der Waals surface area contributed by atoms with E-state index >= 15 is 0 Å². The second-order valence-electron chi connectivity index (χ2n) is 6.93. The first kappa shape index (κ1) is 20.2. The Morgan fingerprint density at radius 2 is 2.00 bits per heavy atom. The maximum Gasteiger partial charge on any atom is 0.317 e. The molecule has 0 unspecified atom stereocenters. The molecular weight excluding hydrogens is 333 g/mol. The second kappa shape index (κ2) is 9.55. The zero-order valence-electron chi connectivity index (χ0n) is 16.0. The summed E-state index contributed by atoms with van der Waals surface area (Å²) in [6, 6.07) is 4.71. The molecule has 1 aliphatic heterocycles. The number of carbonyl (C=O) groups is 2. The molecular formula is C20H30FN3O2. The van der Waals surface area contributed by atoms with Gasteiger partial charge in [0.1, 0.15) is 5.82 Å². The van der Waals surface area contributed by atoms with Crippen molar-refractivity contribution in [1.29, 1.82) is 0 Å². The van der Waals surface area contributed by atoms with Gasteiger partial charge in [-0.05, 0) is 50.3 Å². The van der Waals surface area contributed by atoms with E-state index in [-0.39, 0.29) is 29.7 Å². The maximum absolute atomic E-state index is 13.6. The van der Waals surface area contributed by atoms with E-state index in [2.05, 4.69) is 17.6 Å². The minimum Gasteiger partial charge on any atom is -0.356 e. The van der Waals surface area contributed by atoms with Crippen LogP contribution < -0.4 is 10.6 Å². The fourth-order valence-electron chi connectivity index (χ4n) is 3.42. The van der Waals surface area contributed by atoms with Crippen LogP contribution in [0.2, 0.25) is 0 Å². The fraction of sp³-hybridized carbons (Fsp3) is 0.600. The average molecular weight is 363 g/mol. The summed E-state index contributed by atoms with van der Waals surface area (Å²) in [6.07, 6.45) is 3.32. The summed E-state index contributed by atoms with van der Waals surface area (Å²) in [5.41, 5.74) is 1.49. The standard InChI is InChI=1S/C20H30FN3O2/c1-4-6-11-23-20(26)24-13-16(19(25)22-5-2)8-10-18(24)15-7-9-17(21)14(3)12-15/h7,9,12,16,18H,4-6,8,10-11,13H2,1-3H3,(H,22,25)(H,23,26)/t16-,18-/m0/s1. The molecule has 0 radical (unpaired) electrons. The van der Waals surface area contributed by atoms with Crippen molar-refractivity contribution < 1.29 is 14.0 Å². The molecule has 2 rings (SSSR count). The zero-order chi connectivity index (χ0) is 19.1. The van der Waals surface area contributed by atoms with Crippen molar-refractivity contribution in [1.82, 2.24) is 15.5 Å². The predicted molar refractivity (Wildman–Crippen MR) is 100 cm³/mol. The monoisotopic (exact) mass is 363 g/mol. The quantitative estimate of drug-likeness (QED) is 0.760. The molecule has 1 aromatic rings. The number of hydrogen-bond acceptors (Lipinski definition) is 2. The Balaban J connectivity index is 2.20. The van der Waals surface area contributed by atoms with Gasteiger partial charge in [-0.2, -0.15) is 0 Å². The molecule has 2 N–H and O–H groups in total. The number of halogens is 1. The first-order chi connectivity index (χ1) is 12.5. The van der Waals surface area contributed by atoms with Crippen LogP contribution in [0.3, 0.4) is 0 Å². The fourth-order valence-corrected chi connectivity index (χ4v) is 3.42. The van der Waals surface area contributed by atoms with Crippen LogP contribution in [0.15, 0.2) is 18.2 Å². The summed E-state index contributed by atoms with van der Waals surface area (Å²) in [5.74, 6) is -0.457. The van der Waals surface area contributed by atoms with Gasteiger partial charge in [0.15, 0.2) is 0 Å². The van der Waals surface area contributed by atoms with Crippen LogP contribution in [0.1, 0.15) is 56.7 Å². The molecule has 0 spiro atoms. The SMILES string of the molecule is CCCCNC(=O)N1C[C@@H](C(=O)NCC)CC[C@H]1c1ccc(F)c(C)c1. The number of amides is 3. The Labute approximate surface area is 155 Å². The van der Waals surface area contributed by atoms with Crippen LogP contribution in [-0.4, -0.2) is 36.5 Å². The lowest BCUT2D eigenvalue weighted by molar-refractivity contribution is -0.126. The highest BCUT2D eigenvalue weighted by Crippen LogP contribution is 2.34. The Hall–Kier alpha value is -2.11. The normalized spacial score (nSPS) is 19.9. The molecule has 144 valence electrons. The number of benzene rings is 1. The summed E-state index contributed by atoms with van der Waals surface area (Å²) in [6.45, 7) is 7.27. The molecule has 0 aromatic heterocycles. The average Bonchev–Trinajstić information content (AvgIpc) is 2.64. The van der Waals surface area contributed by atoms with Crippen molar-refractivity contribution in [3.05, 3.63) is 35.1 Å².